The van der Waals surface area contributed by atoms with E-state index in [1.807, 2.05) is 35.7 Å². The molecule has 4 rings (SSSR count). The SMILES string of the molecule is COc1ccc(NC(=O)Cn2c(C)nc3scc(-c4ccccc4)c3c2=O)cc1. The number of methoxy groups -OCH3 is 1. The van der Waals surface area contributed by atoms with Crippen molar-refractivity contribution in [2.24, 2.45) is 0 Å². The fourth-order valence-corrected chi connectivity index (χ4v) is 4.14. The highest BCUT2D eigenvalue weighted by atomic mass is 32.1. The second-order valence-electron chi connectivity index (χ2n) is 6.52. The summed E-state index contributed by atoms with van der Waals surface area (Å²) in [6.07, 6.45) is 0. The molecule has 7 heteroatoms. The second kappa shape index (κ2) is 7.89. The summed E-state index contributed by atoms with van der Waals surface area (Å²) >= 11 is 1.43. The van der Waals surface area contributed by atoms with Crippen LogP contribution in [0.1, 0.15) is 5.82 Å². The van der Waals surface area contributed by atoms with Crippen molar-refractivity contribution < 1.29 is 9.53 Å². The van der Waals surface area contributed by atoms with Gasteiger partial charge in [-0.25, -0.2) is 4.98 Å². The van der Waals surface area contributed by atoms with Crippen molar-refractivity contribution >= 4 is 33.1 Å². The van der Waals surface area contributed by atoms with Gasteiger partial charge >= 0.3 is 0 Å². The number of carbonyl (C=O) groups is 1. The second-order valence-corrected chi connectivity index (χ2v) is 7.38. The lowest BCUT2D eigenvalue weighted by Crippen LogP contribution is -2.30. The average Bonchev–Trinajstić information content (AvgIpc) is 3.16. The number of fused-ring (bicyclic) bond motifs is 1. The van der Waals surface area contributed by atoms with Gasteiger partial charge in [0.15, 0.2) is 0 Å². The number of anilines is 1. The third-order valence-corrected chi connectivity index (χ3v) is 5.52. The normalized spacial score (nSPS) is 10.8. The molecule has 2 heterocycles. The van der Waals surface area contributed by atoms with Crippen molar-refractivity contribution in [3.8, 4) is 16.9 Å². The number of aromatic nitrogens is 2. The van der Waals surface area contributed by atoms with Gasteiger partial charge in [0.2, 0.25) is 5.91 Å². The van der Waals surface area contributed by atoms with Gasteiger partial charge in [0.25, 0.3) is 5.56 Å². The number of hydrogen-bond donors (Lipinski definition) is 1. The van der Waals surface area contributed by atoms with Crippen molar-refractivity contribution in [1.82, 2.24) is 9.55 Å². The topological polar surface area (TPSA) is 73.2 Å². The minimum atomic E-state index is -0.294. The molecule has 0 fully saturated rings. The average molecular weight is 405 g/mol. The zero-order chi connectivity index (χ0) is 20.4. The molecule has 0 aliphatic heterocycles. The molecule has 0 unspecified atom stereocenters. The number of carbonyl (C=O) groups excluding carboxylic acids is 1. The summed E-state index contributed by atoms with van der Waals surface area (Å²) < 4.78 is 6.53. The maximum atomic E-state index is 13.2. The van der Waals surface area contributed by atoms with E-state index in [0.717, 1.165) is 11.1 Å². The van der Waals surface area contributed by atoms with Crippen LogP contribution in [0.4, 0.5) is 5.69 Å². The molecule has 2 aromatic carbocycles. The van der Waals surface area contributed by atoms with E-state index in [1.165, 1.54) is 15.9 Å². The van der Waals surface area contributed by atoms with Crippen LogP contribution in [0, 0.1) is 6.92 Å². The Morgan fingerprint density at radius 3 is 2.55 bits per heavy atom. The number of thiophene rings is 1. The van der Waals surface area contributed by atoms with E-state index in [1.54, 1.807) is 38.3 Å². The molecule has 4 aromatic rings. The van der Waals surface area contributed by atoms with Crippen LogP contribution in [0.5, 0.6) is 5.75 Å². The predicted octanol–water partition coefficient (Wildman–Crippen LogP) is 4.08. The Hall–Kier alpha value is -3.45. The number of amides is 1. The molecule has 0 radical (unpaired) electrons. The van der Waals surface area contributed by atoms with E-state index in [2.05, 4.69) is 10.3 Å². The molecule has 1 N–H and O–H groups in total. The highest BCUT2D eigenvalue weighted by Crippen LogP contribution is 2.30. The monoisotopic (exact) mass is 405 g/mol. The molecule has 146 valence electrons. The first-order valence-electron chi connectivity index (χ1n) is 9.05. The van der Waals surface area contributed by atoms with E-state index < -0.39 is 0 Å². The highest BCUT2D eigenvalue weighted by Gasteiger charge is 2.17. The largest absolute Gasteiger partial charge is 0.497 e. The summed E-state index contributed by atoms with van der Waals surface area (Å²) in [5.41, 5.74) is 2.22. The summed E-state index contributed by atoms with van der Waals surface area (Å²) in [4.78, 5) is 31.0. The van der Waals surface area contributed by atoms with E-state index in [0.29, 0.717) is 27.5 Å². The number of nitrogens with zero attached hydrogens (tertiary/aromatic N) is 2. The molecule has 29 heavy (non-hydrogen) atoms. The third-order valence-electron chi connectivity index (χ3n) is 4.64. The molecule has 0 spiro atoms. The Labute approximate surface area is 171 Å². The minimum absolute atomic E-state index is 0.107. The number of benzene rings is 2. The van der Waals surface area contributed by atoms with Crippen LogP contribution in [0.15, 0.2) is 64.8 Å². The molecule has 0 aliphatic rings. The van der Waals surface area contributed by atoms with Crippen LogP contribution in [-0.4, -0.2) is 22.6 Å². The number of aryl methyl sites for hydroxylation is 1. The molecule has 2 aromatic heterocycles. The predicted molar refractivity (Wildman–Crippen MR) is 116 cm³/mol. The summed E-state index contributed by atoms with van der Waals surface area (Å²) in [6.45, 7) is 1.63. The van der Waals surface area contributed by atoms with E-state index in [-0.39, 0.29) is 18.0 Å². The Morgan fingerprint density at radius 1 is 1.14 bits per heavy atom. The number of nitrogens with one attached hydrogen (secondary N) is 1. The highest BCUT2D eigenvalue weighted by molar-refractivity contribution is 7.17. The number of hydrogen-bond acceptors (Lipinski definition) is 5. The number of rotatable bonds is 5. The van der Waals surface area contributed by atoms with Crippen molar-refractivity contribution in [3.05, 3.63) is 76.2 Å². The van der Waals surface area contributed by atoms with Crippen LogP contribution in [-0.2, 0) is 11.3 Å². The molecule has 0 bridgehead atoms. The van der Waals surface area contributed by atoms with Gasteiger partial charge in [0.1, 0.15) is 22.9 Å². The third kappa shape index (κ3) is 3.77. The summed E-state index contributed by atoms with van der Waals surface area (Å²) in [7, 11) is 1.58. The summed E-state index contributed by atoms with van der Waals surface area (Å²) in [6, 6.07) is 16.7. The van der Waals surface area contributed by atoms with Gasteiger partial charge in [-0.05, 0) is 36.8 Å². The zero-order valence-corrected chi connectivity index (χ0v) is 16.8. The lowest BCUT2D eigenvalue weighted by atomic mass is 10.1. The van der Waals surface area contributed by atoms with Crippen molar-refractivity contribution in [2.75, 3.05) is 12.4 Å². The zero-order valence-electron chi connectivity index (χ0n) is 16.0. The van der Waals surface area contributed by atoms with E-state index in [9.17, 15) is 9.59 Å². The number of ether oxygens (including phenoxy) is 1. The summed E-state index contributed by atoms with van der Waals surface area (Å²) in [5, 5.41) is 5.29. The fraction of sp³-hybridized carbons (Fsp3) is 0.136. The van der Waals surface area contributed by atoms with Crippen LogP contribution >= 0.6 is 11.3 Å². The van der Waals surface area contributed by atoms with Gasteiger partial charge < -0.3 is 10.1 Å². The van der Waals surface area contributed by atoms with Crippen molar-refractivity contribution in [1.29, 1.82) is 0 Å². The first-order chi connectivity index (χ1) is 14.1. The van der Waals surface area contributed by atoms with E-state index in [4.69, 9.17) is 4.74 Å². The van der Waals surface area contributed by atoms with Crippen LogP contribution in [0.3, 0.4) is 0 Å². The lowest BCUT2D eigenvalue weighted by Gasteiger charge is -2.11. The standard InChI is InChI=1S/C22H19N3O3S/c1-14-23-21-20(18(13-29-21)15-6-4-3-5-7-15)22(27)25(14)12-19(26)24-16-8-10-17(28-2)11-9-16/h3-11,13H,12H2,1-2H3,(H,24,26). The molecular formula is C22H19N3O3S. The van der Waals surface area contributed by atoms with Crippen LogP contribution < -0.4 is 15.6 Å². The van der Waals surface area contributed by atoms with Gasteiger partial charge in [-0.2, -0.15) is 0 Å². The van der Waals surface area contributed by atoms with E-state index >= 15 is 0 Å². The minimum Gasteiger partial charge on any atom is -0.497 e. The molecule has 1 amide bonds. The Balaban J connectivity index is 1.66. The van der Waals surface area contributed by atoms with Crippen LogP contribution in [0.25, 0.3) is 21.3 Å². The molecule has 0 atom stereocenters. The first kappa shape index (κ1) is 18.9. The lowest BCUT2D eigenvalue weighted by molar-refractivity contribution is -0.116. The quantitative estimate of drug-likeness (QED) is 0.543. The first-order valence-corrected chi connectivity index (χ1v) is 9.93. The van der Waals surface area contributed by atoms with Gasteiger partial charge in [0.05, 0.1) is 12.5 Å². The molecule has 0 aliphatic carbocycles. The fourth-order valence-electron chi connectivity index (χ4n) is 3.16. The van der Waals surface area contributed by atoms with Crippen molar-refractivity contribution in [2.45, 2.75) is 13.5 Å². The maximum Gasteiger partial charge on any atom is 0.263 e. The van der Waals surface area contributed by atoms with Crippen molar-refractivity contribution in [3.63, 3.8) is 0 Å². The maximum absolute atomic E-state index is 13.2. The van der Waals surface area contributed by atoms with Gasteiger partial charge in [0, 0.05) is 16.6 Å². The molecule has 6 nitrogen and oxygen atoms in total. The van der Waals surface area contributed by atoms with Crippen LogP contribution in [0.2, 0.25) is 0 Å². The molecule has 0 saturated carbocycles. The summed E-state index contributed by atoms with van der Waals surface area (Å²) in [5.74, 6) is 0.919. The molecule has 0 saturated heterocycles. The molecular weight excluding hydrogens is 386 g/mol. The Kier molecular flexibility index (Phi) is 5.14. The smallest absolute Gasteiger partial charge is 0.263 e. The Morgan fingerprint density at radius 2 is 1.86 bits per heavy atom. The van der Waals surface area contributed by atoms with Gasteiger partial charge in [-0.15, -0.1) is 11.3 Å². The van der Waals surface area contributed by atoms with Gasteiger partial charge in [-0.1, -0.05) is 30.3 Å². The van der Waals surface area contributed by atoms with Gasteiger partial charge in [-0.3, -0.25) is 14.2 Å². The Bertz CT molecular complexity index is 1230.